The Balaban J connectivity index is 1.59. The first-order valence-electron chi connectivity index (χ1n) is 13.7. The number of rotatable bonds is 2. The van der Waals surface area contributed by atoms with Gasteiger partial charge >= 0.3 is 5.97 Å². The van der Waals surface area contributed by atoms with Gasteiger partial charge in [0.05, 0.1) is 12.0 Å². The number of carbonyl (C=O) groups excluding carboxylic acids is 1. The molecular formula is C31H44O4. The van der Waals surface area contributed by atoms with Gasteiger partial charge in [-0.2, -0.15) is 0 Å². The van der Waals surface area contributed by atoms with Crippen LogP contribution in [0.2, 0.25) is 0 Å². The Bertz CT molecular complexity index is 1120. The van der Waals surface area contributed by atoms with Crippen molar-refractivity contribution in [1.29, 1.82) is 0 Å². The molecule has 1 aromatic rings. The zero-order valence-electron chi connectivity index (χ0n) is 22.8. The molecule has 4 nitrogen and oxygen atoms in total. The highest BCUT2D eigenvalue weighted by atomic mass is 16.5. The summed E-state index contributed by atoms with van der Waals surface area (Å²) in [5, 5.41) is 20.9. The molecule has 6 atom stereocenters. The van der Waals surface area contributed by atoms with Gasteiger partial charge < -0.3 is 14.9 Å². The Labute approximate surface area is 211 Å². The van der Waals surface area contributed by atoms with Gasteiger partial charge in [-0.1, -0.05) is 39.3 Å². The average Bonchev–Trinajstić information content (AvgIpc) is 2.81. The molecular weight excluding hydrogens is 436 g/mol. The molecule has 4 aliphatic rings. The maximum Gasteiger partial charge on any atom is 0.311 e. The molecule has 2 N–H and O–H groups in total. The van der Waals surface area contributed by atoms with Crippen molar-refractivity contribution in [3.05, 3.63) is 34.4 Å². The Hall–Kier alpha value is -1.97. The molecule has 0 amide bonds. The van der Waals surface area contributed by atoms with E-state index in [4.69, 9.17) is 4.74 Å². The van der Waals surface area contributed by atoms with Crippen molar-refractivity contribution >= 4 is 5.97 Å². The first kappa shape index (κ1) is 24.7. The van der Waals surface area contributed by atoms with Gasteiger partial charge in [-0.3, -0.25) is 4.79 Å². The molecule has 3 fully saturated rings. The summed E-state index contributed by atoms with van der Waals surface area (Å²) in [6.45, 7) is 16.3. The predicted molar refractivity (Wildman–Crippen MR) is 139 cm³/mol. The van der Waals surface area contributed by atoms with E-state index < -0.39 is 5.41 Å². The van der Waals surface area contributed by atoms with Gasteiger partial charge in [0.1, 0.15) is 0 Å². The second-order valence-electron chi connectivity index (χ2n) is 13.5. The number of ether oxygens (including phenoxy) is 1. The van der Waals surface area contributed by atoms with Crippen molar-refractivity contribution in [2.45, 2.75) is 105 Å². The first-order chi connectivity index (χ1) is 16.3. The summed E-state index contributed by atoms with van der Waals surface area (Å²) in [4.78, 5) is 13.1. The summed E-state index contributed by atoms with van der Waals surface area (Å²) in [6, 6.07) is 1.84. The molecule has 0 heterocycles. The van der Waals surface area contributed by atoms with Gasteiger partial charge in [-0.15, -0.1) is 0 Å². The van der Waals surface area contributed by atoms with E-state index in [1.807, 2.05) is 19.9 Å². The van der Waals surface area contributed by atoms with Crippen LogP contribution in [0.15, 0.2) is 17.7 Å². The zero-order chi connectivity index (χ0) is 25.6. The minimum atomic E-state index is -0.407. The van der Waals surface area contributed by atoms with Crippen molar-refractivity contribution < 1.29 is 19.7 Å². The molecule has 0 aromatic heterocycles. The van der Waals surface area contributed by atoms with E-state index in [0.717, 1.165) is 50.5 Å². The fourth-order valence-electron chi connectivity index (χ4n) is 9.19. The predicted octanol–water partition coefficient (Wildman–Crippen LogP) is 7.12. The van der Waals surface area contributed by atoms with Crippen LogP contribution in [-0.4, -0.2) is 22.8 Å². The molecule has 3 saturated carbocycles. The molecule has 1 aromatic carbocycles. The minimum absolute atomic E-state index is 0.00378. The van der Waals surface area contributed by atoms with Gasteiger partial charge in [0.15, 0.2) is 11.5 Å². The van der Waals surface area contributed by atoms with Crippen LogP contribution < -0.4 is 0 Å². The number of benzene rings is 1. The lowest BCUT2D eigenvalue weighted by molar-refractivity contribution is -0.181. The van der Waals surface area contributed by atoms with Crippen molar-refractivity contribution in [3.63, 3.8) is 0 Å². The van der Waals surface area contributed by atoms with E-state index in [-0.39, 0.29) is 39.1 Å². The van der Waals surface area contributed by atoms with Crippen molar-refractivity contribution in [3.8, 4) is 11.5 Å². The lowest BCUT2D eigenvalue weighted by Crippen LogP contribution is -2.62. The maximum absolute atomic E-state index is 13.1. The molecule has 0 aliphatic heterocycles. The summed E-state index contributed by atoms with van der Waals surface area (Å²) in [6.07, 6.45) is 10.6. The van der Waals surface area contributed by atoms with Crippen LogP contribution >= 0.6 is 0 Å². The Morgan fingerprint density at radius 2 is 1.71 bits per heavy atom. The number of allylic oxidation sites excluding steroid dienone is 2. The largest absolute Gasteiger partial charge is 0.504 e. The molecule has 0 radical (unpaired) electrons. The molecule has 5 rings (SSSR count). The molecule has 35 heavy (non-hydrogen) atoms. The van der Waals surface area contributed by atoms with Crippen LogP contribution in [0, 0.1) is 34.5 Å². The van der Waals surface area contributed by atoms with Crippen molar-refractivity contribution in [2.24, 2.45) is 27.6 Å². The topological polar surface area (TPSA) is 66.8 Å². The van der Waals surface area contributed by atoms with Crippen LogP contribution in [0.3, 0.4) is 0 Å². The third-order valence-corrected chi connectivity index (χ3v) is 11.8. The molecule has 0 spiro atoms. The highest BCUT2D eigenvalue weighted by molar-refractivity contribution is 5.76. The maximum atomic E-state index is 13.1. The lowest BCUT2D eigenvalue weighted by Gasteiger charge is -2.70. The summed E-state index contributed by atoms with van der Waals surface area (Å²) in [5.41, 5.74) is 4.50. The van der Waals surface area contributed by atoms with Crippen molar-refractivity contribution in [2.75, 3.05) is 6.61 Å². The van der Waals surface area contributed by atoms with Crippen LogP contribution in [0.25, 0.3) is 0 Å². The summed E-state index contributed by atoms with van der Waals surface area (Å²) < 4.78 is 5.57. The van der Waals surface area contributed by atoms with Gasteiger partial charge in [-0.05, 0) is 117 Å². The number of hydrogen-bond donors (Lipinski definition) is 2. The number of hydrogen-bond acceptors (Lipinski definition) is 4. The Kier molecular flexibility index (Phi) is 5.31. The Morgan fingerprint density at radius 3 is 2.40 bits per heavy atom. The summed E-state index contributed by atoms with van der Waals surface area (Å²) in [5.74, 6) is 0.453. The number of phenolic OH excluding ortho intramolecular Hbond substituents is 2. The van der Waals surface area contributed by atoms with Crippen molar-refractivity contribution in [1.82, 2.24) is 0 Å². The molecule has 192 valence electrons. The van der Waals surface area contributed by atoms with E-state index in [9.17, 15) is 15.0 Å². The highest BCUT2D eigenvalue weighted by Crippen LogP contribution is 2.74. The average molecular weight is 481 g/mol. The quantitative estimate of drug-likeness (QED) is 0.269. The van der Waals surface area contributed by atoms with Crippen LogP contribution in [0.4, 0.5) is 0 Å². The molecule has 0 unspecified atom stereocenters. The van der Waals surface area contributed by atoms with E-state index in [2.05, 4.69) is 40.7 Å². The molecule has 0 saturated heterocycles. The van der Waals surface area contributed by atoms with Crippen LogP contribution in [0.5, 0.6) is 11.5 Å². The second kappa shape index (κ2) is 7.52. The third-order valence-electron chi connectivity index (χ3n) is 11.8. The van der Waals surface area contributed by atoms with Gasteiger partial charge in [0.2, 0.25) is 0 Å². The van der Waals surface area contributed by atoms with E-state index >= 15 is 0 Å². The van der Waals surface area contributed by atoms with Gasteiger partial charge in [0.25, 0.3) is 0 Å². The number of carbonyl (C=O) groups is 1. The third kappa shape index (κ3) is 3.07. The zero-order valence-corrected chi connectivity index (χ0v) is 22.8. The van der Waals surface area contributed by atoms with E-state index in [0.29, 0.717) is 12.5 Å². The monoisotopic (exact) mass is 480 g/mol. The molecule has 4 aliphatic carbocycles. The number of phenols is 2. The standard InChI is InChI=1S/C31H44O4/c1-8-35-26(34)28(4)12-11-27(3)13-15-30(6)23-10-9-20-19(2)25(33)22(32)17-21(20)29(23,5)14-16-31(30,7)24(27)18-28/h10,17,24,32-33H,8-9,11-16,18H2,1-7H3/t24-,27-,28-,29+,30-,31+/m1/s1. The van der Waals surface area contributed by atoms with Crippen LogP contribution in [0.1, 0.15) is 103 Å². The van der Waals surface area contributed by atoms with Gasteiger partial charge in [-0.25, -0.2) is 0 Å². The Morgan fingerprint density at radius 1 is 1.03 bits per heavy atom. The van der Waals surface area contributed by atoms with Crippen LogP contribution in [-0.2, 0) is 21.4 Å². The highest BCUT2D eigenvalue weighted by Gasteiger charge is 2.67. The van der Waals surface area contributed by atoms with Gasteiger partial charge in [0, 0.05) is 5.41 Å². The number of fused-ring (bicyclic) bond motifs is 7. The number of aromatic hydroxyl groups is 2. The van der Waals surface area contributed by atoms with E-state index in [1.165, 1.54) is 23.1 Å². The van der Waals surface area contributed by atoms with E-state index in [1.54, 1.807) is 0 Å². The fraction of sp³-hybridized carbons (Fsp3) is 0.710. The second-order valence-corrected chi connectivity index (χ2v) is 13.5. The smallest absolute Gasteiger partial charge is 0.311 e. The first-order valence-corrected chi connectivity index (χ1v) is 13.7. The summed E-state index contributed by atoms with van der Waals surface area (Å²) in [7, 11) is 0. The molecule has 0 bridgehead atoms. The SMILES string of the molecule is CCOC(=O)[C@]1(C)CC[C@]2(C)CC[C@]3(C)C4=CCc5c(cc(O)c(O)c5C)[C@]4(C)CC[C@@]3(C)[C@@H]2C1. The number of esters is 1. The minimum Gasteiger partial charge on any atom is -0.504 e. The fourth-order valence-corrected chi connectivity index (χ4v) is 9.19. The normalized spacial score (nSPS) is 42.1. The lowest BCUT2D eigenvalue weighted by atomic mass is 9.34. The molecule has 4 heteroatoms. The summed E-state index contributed by atoms with van der Waals surface area (Å²) >= 11 is 0.